The molecule has 1 aromatic carbocycles. The van der Waals surface area contributed by atoms with E-state index in [0.717, 1.165) is 44.4 Å². The van der Waals surface area contributed by atoms with Gasteiger partial charge in [-0.3, -0.25) is 9.89 Å². The zero-order chi connectivity index (χ0) is 17.8. The summed E-state index contributed by atoms with van der Waals surface area (Å²) in [7, 11) is 1.87. The molecular weight excluding hydrogens is 324 g/mol. The van der Waals surface area contributed by atoms with Crippen molar-refractivity contribution in [3.05, 3.63) is 60.4 Å². The molecule has 1 unspecified atom stereocenters. The number of hydrogen-bond acceptors (Lipinski definition) is 3. The van der Waals surface area contributed by atoms with E-state index in [1.54, 1.807) is 6.20 Å². The second-order valence-electron chi connectivity index (χ2n) is 6.84. The van der Waals surface area contributed by atoms with Crippen molar-refractivity contribution in [1.29, 1.82) is 0 Å². The van der Waals surface area contributed by atoms with E-state index < -0.39 is 0 Å². The number of aromatic nitrogens is 2. The molecule has 1 fully saturated rings. The minimum atomic E-state index is 0.631. The highest BCUT2D eigenvalue weighted by Gasteiger charge is 2.29. The van der Waals surface area contributed by atoms with Crippen LogP contribution in [-0.2, 0) is 6.54 Å². The third-order valence-corrected chi connectivity index (χ3v) is 5.17. The van der Waals surface area contributed by atoms with Crippen LogP contribution in [0.1, 0.15) is 12.0 Å². The van der Waals surface area contributed by atoms with E-state index in [4.69, 9.17) is 0 Å². The maximum absolute atomic E-state index is 4.50. The number of hydrogen-bond donors (Lipinski definition) is 1. The van der Waals surface area contributed by atoms with Gasteiger partial charge in [0.25, 0.3) is 0 Å². The van der Waals surface area contributed by atoms with Crippen LogP contribution < -0.4 is 5.32 Å². The van der Waals surface area contributed by atoms with Crippen molar-refractivity contribution in [3.8, 4) is 5.69 Å². The first-order valence-electron chi connectivity index (χ1n) is 9.27. The van der Waals surface area contributed by atoms with E-state index in [1.165, 1.54) is 12.0 Å². The maximum Gasteiger partial charge on any atom is 0.193 e. The minimum absolute atomic E-state index is 0.631. The fraction of sp³-hybridized carbons (Fsp3) is 0.400. The Morgan fingerprint density at radius 1 is 1.27 bits per heavy atom. The molecule has 6 heteroatoms. The number of likely N-dealkylation sites (tertiary alicyclic amines) is 1. The molecule has 136 valence electrons. The monoisotopic (exact) mass is 350 g/mol. The highest BCUT2D eigenvalue weighted by molar-refractivity contribution is 5.80. The van der Waals surface area contributed by atoms with E-state index in [2.05, 4.69) is 61.6 Å². The van der Waals surface area contributed by atoms with E-state index in [0.29, 0.717) is 6.04 Å². The third kappa shape index (κ3) is 3.65. The number of rotatable bonds is 4. The topological polar surface area (TPSA) is 48.7 Å². The first-order valence-corrected chi connectivity index (χ1v) is 9.27. The molecule has 1 aromatic heterocycles. The van der Waals surface area contributed by atoms with Crippen LogP contribution in [0.4, 0.5) is 0 Å². The molecule has 6 nitrogen and oxygen atoms in total. The Balaban J connectivity index is 1.35. The van der Waals surface area contributed by atoms with Crippen molar-refractivity contribution in [2.45, 2.75) is 19.0 Å². The summed E-state index contributed by atoms with van der Waals surface area (Å²) in [5.74, 6) is 0.990. The van der Waals surface area contributed by atoms with E-state index >= 15 is 0 Å². The number of aliphatic imine (C=N–C) groups is 1. The fourth-order valence-corrected chi connectivity index (χ4v) is 3.77. The number of nitrogens with zero attached hydrogens (tertiary/aromatic N) is 5. The molecule has 2 aliphatic heterocycles. The van der Waals surface area contributed by atoms with Crippen molar-refractivity contribution < 1.29 is 0 Å². The number of benzene rings is 1. The molecule has 1 atom stereocenters. The van der Waals surface area contributed by atoms with Gasteiger partial charge in [-0.1, -0.05) is 24.3 Å². The van der Waals surface area contributed by atoms with Gasteiger partial charge in [0.15, 0.2) is 5.96 Å². The van der Waals surface area contributed by atoms with Crippen LogP contribution in [0.3, 0.4) is 0 Å². The Labute approximate surface area is 154 Å². The summed E-state index contributed by atoms with van der Waals surface area (Å²) in [6.45, 7) is 5.05. The predicted octanol–water partition coefficient (Wildman–Crippen LogP) is 1.89. The molecule has 0 spiro atoms. The van der Waals surface area contributed by atoms with Crippen molar-refractivity contribution in [2.75, 3.05) is 33.2 Å². The Morgan fingerprint density at radius 2 is 2.15 bits per heavy atom. The molecule has 3 heterocycles. The SMILES string of the molecule is CN=C(NCc1cccc(-n2cccn2)c1)N1CCC(N2CC=CC2)C1. The summed E-state index contributed by atoms with van der Waals surface area (Å²) >= 11 is 0. The lowest BCUT2D eigenvalue weighted by Crippen LogP contribution is -2.42. The lowest BCUT2D eigenvalue weighted by atomic mass is 10.2. The van der Waals surface area contributed by atoms with Crippen LogP contribution in [0.15, 0.2) is 59.9 Å². The quantitative estimate of drug-likeness (QED) is 0.520. The van der Waals surface area contributed by atoms with E-state index in [-0.39, 0.29) is 0 Å². The van der Waals surface area contributed by atoms with Gasteiger partial charge in [0.1, 0.15) is 0 Å². The van der Waals surface area contributed by atoms with Crippen molar-refractivity contribution >= 4 is 5.96 Å². The van der Waals surface area contributed by atoms with Crippen LogP contribution in [0.25, 0.3) is 5.69 Å². The lowest BCUT2D eigenvalue weighted by Gasteiger charge is -2.25. The molecule has 2 aliphatic rings. The Kier molecular flexibility index (Phi) is 5.02. The Bertz CT molecular complexity index is 771. The van der Waals surface area contributed by atoms with Crippen LogP contribution >= 0.6 is 0 Å². The highest BCUT2D eigenvalue weighted by atomic mass is 15.3. The average molecular weight is 350 g/mol. The Hall–Kier alpha value is -2.60. The number of guanidine groups is 1. The summed E-state index contributed by atoms with van der Waals surface area (Å²) in [6.07, 6.45) is 9.50. The summed E-state index contributed by atoms with van der Waals surface area (Å²) in [5.41, 5.74) is 2.30. The summed E-state index contributed by atoms with van der Waals surface area (Å²) in [4.78, 5) is 9.42. The van der Waals surface area contributed by atoms with Crippen molar-refractivity contribution in [2.24, 2.45) is 4.99 Å². The van der Waals surface area contributed by atoms with E-state index in [1.807, 2.05) is 24.0 Å². The van der Waals surface area contributed by atoms with Crippen molar-refractivity contribution in [1.82, 2.24) is 24.9 Å². The van der Waals surface area contributed by atoms with Gasteiger partial charge in [0.05, 0.1) is 5.69 Å². The van der Waals surface area contributed by atoms with Crippen LogP contribution in [0.5, 0.6) is 0 Å². The lowest BCUT2D eigenvalue weighted by molar-refractivity contribution is 0.259. The zero-order valence-electron chi connectivity index (χ0n) is 15.3. The molecule has 1 N–H and O–H groups in total. The second-order valence-corrected chi connectivity index (χ2v) is 6.84. The zero-order valence-corrected chi connectivity index (χ0v) is 15.3. The summed E-state index contributed by atoms with van der Waals surface area (Å²) in [6, 6.07) is 11.0. The van der Waals surface area contributed by atoms with Crippen molar-refractivity contribution in [3.63, 3.8) is 0 Å². The van der Waals surface area contributed by atoms with E-state index in [9.17, 15) is 0 Å². The van der Waals surface area contributed by atoms with Crippen LogP contribution in [-0.4, -0.2) is 64.8 Å². The first kappa shape index (κ1) is 16.8. The van der Waals surface area contributed by atoms with Crippen LogP contribution in [0, 0.1) is 0 Å². The summed E-state index contributed by atoms with van der Waals surface area (Å²) < 4.78 is 1.88. The smallest absolute Gasteiger partial charge is 0.193 e. The standard InChI is InChI=1S/C20H26N6/c1-21-20(25-13-8-19(16-25)24-10-2-3-11-24)22-15-17-6-4-7-18(14-17)26-12-5-9-23-26/h2-7,9,12,14,19H,8,10-11,13,15-16H2,1H3,(H,21,22). The molecule has 1 saturated heterocycles. The minimum Gasteiger partial charge on any atom is -0.352 e. The van der Waals surface area contributed by atoms with Crippen LogP contribution in [0.2, 0.25) is 0 Å². The molecule has 4 rings (SSSR count). The van der Waals surface area contributed by atoms with Gasteiger partial charge in [-0.05, 0) is 30.2 Å². The van der Waals surface area contributed by atoms with Gasteiger partial charge in [0.2, 0.25) is 0 Å². The first-order chi connectivity index (χ1) is 12.8. The molecule has 0 radical (unpaired) electrons. The van der Waals surface area contributed by atoms with Gasteiger partial charge < -0.3 is 10.2 Å². The second kappa shape index (κ2) is 7.74. The third-order valence-electron chi connectivity index (χ3n) is 5.17. The van der Waals surface area contributed by atoms with Gasteiger partial charge >= 0.3 is 0 Å². The van der Waals surface area contributed by atoms with Gasteiger partial charge in [0, 0.05) is 58.2 Å². The van der Waals surface area contributed by atoms with Gasteiger partial charge in [-0.2, -0.15) is 5.10 Å². The van der Waals surface area contributed by atoms with Gasteiger partial charge in [-0.15, -0.1) is 0 Å². The Morgan fingerprint density at radius 3 is 2.92 bits per heavy atom. The fourth-order valence-electron chi connectivity index (χ4n) is 3.77. The molecule has 0 amide bonds. The summed E-state index contributed by atoms with van der Waals surface area (Å²) in [5, 5.41) is 7.83. The maximum atomic E-state index is 4.50. The normalized spacial score (nSPS) is 20.9. The number of nitrogens with one attached hydrogen (secondary N) is 1. The molecule has 0 bridgehead atoms. The van der Waals surface area contributed by atoms with Gasteiger partial charge in [-0.25, -0.2) is 4.68 Å². The molecule has 0 aliphatic carbocycles. The molecule has 0 saturated carbocycles. The average Bonchev–Trinajstić information content (AvgIpc) is 3.43. The molecular formula is C20H26N6. The molecule has 26 heavy (non-hydrogen) atoms. The molecule has 2 aromatic rings. The largest absolute Gasteiger partial charge is 0.352 e. The predicted molar refractivity (Wildman–Crippen MR) is 104 cm³/mol. The highest BCUT2D eigenvalue weighted by Crippen LogP contribution is 2.18.